The van der Waals surface area contributed by atoms with Crippen molar-refractivity contribution in [2.24, 2.45) is 5.84 Å². The molecule has 0 spiro atoms. The first kappa shape index (κ1) is 13.4. The molecule has 0 amide bonds. The number of nitrogens with zero attached hydrogens (tertiary/aromatic N) is 1. The molecule has 2 aromatic rings. The Balaban J connectivity index is 2.23. The van der Waals surface area contributed by atoms with Crippen LogP contribution in [0.15, 0.2) is 42.7 Å². The number of hydrazine groups is 1. The lowest BCUT2D eigenvalue weighted by Crippen LogP contribution is -2.30. The van der Waals surface area contributed by atoms with E-state index in [4.69, 9.17) is 5.84 Å². The van der Waals surface area contributed by atoms with Crippen molar-refractivity contribution in [3.8, 4) is 0 Å². The lowest BCUT2D eigenvalue weighted by atomic mass is 10.0. The largest absolute Gasteiger partial charge is 0.271 e. The minimum absolute atomic E-state index is 0.0540. The molecule has 18 heavy (non-hydrogen) atoms. The van der Waals surface area contributed by atoms with Crippen LogP contribution in [0.1, 0.15) is 17.2 Å². The molecule has 1 aromatic heterocycles. The normalized spacial score (nSPS) is 12.4. The molecule has 0 saturated carbocycles. The summed E-state index contributed by atoms with van der Waals surface area (Å²) in [6, 6.07) is 8.54. The van der Waals surface area contributed by atoms with Gasteiger partial charge in [-0.25, -0.2) is 4.39 Å². The van der Waals surface area contributed by atoms with Crippen molar-refractivity contribution in [3.63, 3.8) is 0 Å². The number of benzene rings is 1. The van der Waals surface area contributed by atoms with Crippen molar-refractivity contribution in [2.75, 3.05) is 0 Å². The summed E-state index contributed by atoms with van der Waals surface area (Å²) < 4.78 is 13.9. The Morgan fingerprint density at radius 2 is 2.22 bits per heavy atom. The van der Waals surface area contributed by atoms with E-state index < -0.39 is 0 Å². The van der Waals surface area contributed by atoms with Gasteiger partial charge in [0.05, 0.1) is 6.04 Å². The van der Waals surface area contributed by atoms with Gasteiger partial charge in [-0.2, -0.15) is 0 Å². The Morgan fingerprint density at radius 3 is 2.83 bits per heavy atom. The number of hydrogen-bond donors (Lipinski definition) is 2. The quantitative estimate of drug-likeness (QED) is 0.503. The van der Waals surface area contributed by atoms with E-state index in [1.165, 1.54) is 12.1 Å². The van der Waals surface area contributed by atoms with Gasteiger partial charge in [0.1, 0.15) is 5.82 Å². The lowest BCUT2D eigenvalue weighted by Gasteiger charge is -2.17. The van der Waals surface area contributed by atoms with Gasteiger partial charge >= 0.3 is 0 Å². The van der Waals surface area contributed by atoms with Crippen LogP contribution in [0.2, 0.25) is 0 Å². The van der Waals surface area contributed by atoms with E-state index in [1.54, 1.807) is 18.5 Å². The molecule has 5 heteroatoms. The molecular weight excluding hydrogens is 344 g/mol. The van der Waals surface area contributed by atoms with Crippen molar-refractivity contribution in [1.29, 1.82) is 0 Å². The predicted molar refractivity (Wildman–Crippen MR) is 77.1 cm³/mol. The molecule has 0 aliphatic rings. The standard InChI is InChI=1S/C13H13FIN3/c14-10-3-4-11(12(15)7-10)13(18-16)6-9-2-1-5-17-8-9/h1-5,7-8,13,18H,6,16H2. The summed E-state index contributed by atoms with van der Waals surface area (Å²) in [6.07, 6.45) is 4.25. The van der Waals surface area contributed by atoms with Gasteiger partial charge < -0.3 is 0 Å². The fourth-order valence-corrected chi connectivity index (χ4v) is 2.65. The third kappa shape index (κ3) is 3.24. The number of nitrogens with one attached hydrogen (secondary N) is 1. The molecular formula is C13H13FIN3. The van der Waals surface area contributed by atoms with Gasteiger partial charge in [-0.3, -0.25) is 16.3 Å². The molecule has 1 unspecified atom stereocenters. The Hall–Kier alpha value is -1.05. The van der Waals surface area contributed by atoms with Crippen LogP contribution in [0, 0.1) is 9.39 Å². The second-order valence-electron chi connectivity index (χ2n) is 3.95. The van der Waals surface area contributed by atoms with E-state index in [9.17, 15) is 4.39 Å². The first-order valence-electron chi connectivity index (χ1n) is 5.50. The van der Waals surface area contributed by atoms with Crippen molar-refractivity contribution in [3.05, 3.63) is 63.2 Å². The summed E-state index contributed by atoms with van der Waals surface area (Å²) in [5.74, 6) is 5.36. The SMILES string of the molecule is NNC(Cc1cccnc1)c1ccc(F)cc1I. The Kier molecular flexibility index (Phi) is 4.62. The summed E-state index contributed by atoms with van der Waals surface area (Å²) in [7, 11) is 0. The van der Waals surface area contributed by atoms with Crippen LogP contribution in [0.25, 0.3) is 0 Å². The monoisotopic (exact) mass is 357 g/mol. The molecule has 0 radical (unpaired) electrons. The number of nitrogens with two attached hydrogens (primary N) is 1. The Labute approximate surface area is 119 Å². The van der Waals surface area contributed by atoms with Crippen LogP contribution in [-0.4, -0.2) is 4.98 Å². The molecule has 94 valence electrons. The van der Waals surface area contributed by atoms with Crippen LogP contribution < -0.4 is 11.3 Å². The van der Waals surface area contributed by atoms with Gasteiger partial charge in [0.2, 0.25) is 0 Å². The first-order chi connectivity index (χ1) is 8.70. The van der Waals surface area contributed by atoms with Gasteiger partial charge in [-0.05, 0) is 58.3 Å². The van der Waals surface area contributed by atoms with Gasteiger partial charge in [-0.1, -0.05) is 12.1 Å². The van der Waals surface area contributed by atoms with Crippen LogP contribution >= 0.6 is 22.6 Å². The molecule has 0 fully saturated rings. The van der Waals surface area contributed by atoms with Crippen molar-refractivity contribution in [2.45, 2.75) is 12.5 Å². The van der Waals surface area contributed by atoms with Crippen LogP contribution in [0.3, 0.4) is 0 Å². The topological polar surface area (TPSA) is 50.9 Å². The highest BCUT2D eigenvalue weighted by molar-refractivity contribution is 14.1. The number of rotatable bonds is 4. The average molecular weight is 357 g/mol. The highest BCUT2D eigenvalue weighted by Crippen LogP contribution is 2.23. The molecule has 0 aliphatic heterocycles. The zero-order valence-corrected chi connectivity index (χ0v) is 11.8. The van der Waals surface area contributed by atoms with Gasteiger partial charge in [0.25, 0.3) is 0 Å². The summed E-state index contributed by atoms with van der Waals surface area (Å²) in [5.41, 5.74) is 4.85. The van der Waals surface area contributed by atoms with Gasteiger partial charge in [-0.15, -0.1) is 0 Å². The second kappa shape index (κ2) is 6.21. The highest BCUT2D eigenvalue weighted by atomic mass is 127. The molecule has 1 heterocycles. The minimum atomic E-state index is -0.236. The smallest absolute Gasteiger partial charge is 0.124 e. The molecule has 0 bridgehead atoms. The van der Waals surface area contributed by atoms with Crippen molar-refractivity contribution >= 4 is 22.6 Å². The maximum atomic E-state index is 13.1. The molecule has 1 aromatic carbocycles. The van der Waals surface area contributed by atoms with Crippen LogP contribution in [-0.2, 0) is 6.42 Å². The zero-order chi connectivity index (χ0) is 13.0. The number of halogens is 2. The maximum Gasteiger partial charge on any atom is 0.124 e. The van der Waals surface area contributed by atoms with E-state index in [-0.39, 0.29) is 11.9 Å². The molecule has 0 saturated heterocycles. The third-order valence-corrected chi connectivity index (χ3v) is 3.64. The summed E-state index contributed by atoms with van der Waals surface area (Å²) in [4.78, 5) is 4.07. The third-order valence-electron chi connectivity index (χ3n) is 2.70. The van der Waals surface area contributed by atoms with E-state index in [0.717, 1.165) is 14.7 Å². The molecule has 2 rings (SSSR count). The Morgan fingerprint density at radius 1 is 1.39 bits per heavy atom. The summed E-state index contributed by atoms with van der Waals surface area (Å²) in [5, 5.41) is 0. The fraction of sp³-hybridized carbons (Fsp3) is 0.154. The first-order valence-corrected chi connectivity index (χ1v) is 6.58. The van der Waals surface area contributed by atoms with Crippen molar-refractivity contribution < 1.29 is 4.39 Å². The number of aromatic nitrogens is 1. The average Bonchev–Trinajstić information content (AvgIpc) is 2.38. The zero-order valence-electron chi connectivity index (χ0n) is 9.61. The second-order valence-corrected chi connectivity index (χ2v) is 5.11. The highest BCUT2D eigenvalue weighted by Gasteiger charge is 2.14. The van der Waals surface area contributed by atoms with Gasteiger partial charge in [0.15, 0.2) is 0 Å². The lowest BCUT2D eigenvalue weighted by molar-refractivity contribution is 0.546. The molecule has 1 atom stereocenters. The summed E-state index contributed by atoms with van der Waals surface area (Å²) in [6.45, 7) is 0. The number of hydrogen-bond acceptors (Lipinski definition) is 3. The van der Waals surface area contributed by atoms with E-state index >= 15 is 0 Å². The molecule has 3 nitrogen and oxygen atoms in total. The van der Waals surface area contributed by atoms with Crippen LogP contribution in [0.4, 0.5) is 4.39 Å². The minimum Gasteiger partial charge on any atom is -0.271 e. The van der Waals surface area contributed by atoms with E-state index in [1.807, 2.05) is 12.1 Å². The summed E-state index contributed by atoms with van der Waals surface area (Å²) >= 11 is 2.12. The van der Waals surface area contributed by atoms with E-state index in [2.05, 4.69) is 33.0 Å². The maximum absolute atomic E-state index is 13.1. The Bertz CT molecular complexity index is 519. The molecule has 0 aliphatic carbocycles. The number of pyridine rings is 1. The fourth-order valence-electron chi connectivity index (χ4n) is 1.80. The predicted octanol–water partition coefficient (Wildman–Crippen LogP) is 2.57. The van der Waals surface area contributed by atoms with Crippen LogP contribution in [0.5, 0.6) is 0 Å². The van der Waals surface area contributed by atoms with Crippen molar-refractivity contribution in [1.82, 2.24) is 10.4 Å². The molecule has 3 N–H and O–H groups in total. The van der Waals surface area contributed by atoms with E-state index in [0.29, 0.717) is 6.42 Å². The van der Waals surface area contributed by atoms with Gasteiger partial charge in [0, 0.05) is 16.0 Å².